The van der Waals surface area contributed by atoms with Crippen molar-refractivity contribution in [2.24, 2.45) is 0 Å². The molecule has 0 aromatic carbocycles. The Balaban J connectivity index is 3.69. The van der Waals surface area contributed by atoms with E-state index in [1.165, 1.54) is 0 Å². The number of carbonyl (C=O) groups is 1. The van der Waals surface area contributed by atoms with Gasteiger partial charge in [0, 0.05) is 6.42 Å². The first-order chi connectivity index (χ1) is 5.77. The molecule has 0 aliphatic carbocycles. The molecule has 3 heteroatoms. The van der Waals surface area contributed by atoms with E-state index in [1.54, 1.807) is 0 Å². The molecule has 0 saturated carbocycles. The summed E-state index contributed by atoms with van der Waals surface area (Å²) in [5, 5.41) is 0. The number of rotatable bonds is 5. The third-order valence-electron chi connectivity index (χ3n) is 1.61. The number of hydrogen-bond donors (Lipinski definition) is 0. The van der Waals surface area contributed by atoms with Crippen molar-refractivity contribution in [2.75, 3.05) is 6.61 Å². The van der Waals surface area contributed by atoms with Crippen molar-refractivity contribution in [1.29, 1.82) is 0 Å². The molecular formula is C10H20O3. The lowest BCUT2D eigenvalue weighted by Crippen LogP contribution is -2.28. The predicted octanol–water partition coefficient (Wildman–Crippen LogP) is 2.14. The van der Waals surface area contributed by atoms with Crippen LogP contribution in [0.4, 0.5) is 0 Å². The van der Waals surface area contributed by atoms with Crippen molar-refractivity contribution in [2.45, 2.75) is 52.2 Å². The van der Waals surface area contributed by atoms with E-state index in [1.807, 2.05) is 34.6 Å². The van der Waals surface area contributed by atoms with Crippen molar-refractivity contribution < 1.29 is 14.3 Å². The molecule has 0 aromatic heterocycles. The molecule has 0 atom stereocenters. The summed E-state index contributed by atoms with van der Waals surface area (Å²) in [7, 11) is 0. The van der Waals surface area contributed by atoms with Crippen LogP contribution >= 0.6 is 0 Å². The monoisotopic (exact) mass is 188 g/mol. The third-order valence-corrected chi connectivity index (χ3v) is 1.61. The van der Waals surface area contributed by atoms with Gasteiger partial charge in [0.25, 0.3) is 6.47 Å². The molecular weight excluding hydrogens is 168 g/mol. The molecule has 0 heterocycles. The molecule has 0 rings (SSSR count). The quantitative estimate of drug-likeness (QED) is 0.620. The van der Waals surface area contributed by atoms with Crippen molar-refractivity contribution in [3.8, 4) is 0 Å². The highest BCUT2D eigenvalue weighted by Gasteiger charge is 2.20. The maximum Gasteiger partial charge on any atom is 0.293 e. The van der Waals surface area contributed by atoms with E-state index >= 15 is 0 Å². The highest BCUT2D eigenvalue weighted by Crippen LogP contribution is 2.15. The van der Waals surface area contributed by atoms with E-state index in [9.17, 15) is 4.79 Å². The van der Waals surface area contributed by atoms with Crippen LogP contribution in [-0.4, -0.2) is 24.3 Å². The smallest absolute Gasteiger partial charge is 0.293 e. The molecule has 13 heavy (non-hydrogen) atoms. The van der Waals surface area contributed by atoms with Crippen LogP contribution in [0.1, 0.15) is 41.0 Å². The molecule has 0 unspecified atom stereocenters. The van der Waals surface area contributed by atoms with Gasteiger partial charge in [-0.05, 0) is 34.6 Å². The second-order valence-electron chi connectivity index (χ2n) is 4.68. The van der Waals surface area contributed by atoms with Gasteiger partial charge < -0.3 is 9.47 Å². The van der Waals surface area contributed by atoms with Crippen molar-refractivity contribution in [3.63, 3.8) is 0 Å². The van der Waals surface area contributed by atoms with Crippen LogP contribution in [0.25, 0.3) is 0 Å². The Labute approximate surface area is 80.4 Å². The molecule has 0 saturated heterocycles. The second kappa shape index (κ2) is 4.61. The second-order valence-corrected chi connectivity index (χ2v) is 4.68. The van der Waals surface area contributed by atoms with Gasteiger partial charge in [-0.25, -0.2) is 0 Å². The molecule has 0 spiro atoms. The molecule has 0 radical (unpaired) electrons. The Morgan fingerprint density at radius 1 is 1.15 bits per heavy atom. The van der Waals surface area contributed by atoms with Gasteiger partial charge in [0.05, 0.1) is 12.2 Å². The molecule has 3 nitrogen and oxygen atoms in total. The van der Waals surface area contributed by atoms with Gasteiger partial charge >= 0.3 is 0 Å². The summed E-state index contributed by atoms with van der Waals surface area (Å²) in [5.74, 6) is 0. The largest absolute Gasteiger partial charge is 0.462 e. The fourth-order valence-corrected chi connectivity index (χ4v) is 0.792. The Morgan fingerprint density at radius 3 is 2.08 bits per heavy atom. The van der Waals surface area contributed by atoms with Crippen LogP contribution in [0.5, 0.6) is 0 Å². The van der Waals surface area contributed by atoms with Crippen molar-refractivity contribution in [1.82, 2.24) is 0 Å². The average Bonchev–Trinajstić information content (AvgIpc) is 1.82. The standard InChI is InChI=1S/C10H20O3/c1-9(2,3)12-7-6-10(4,5)13-8-11/h8H,6-7H2,1-5H3. The van der Waals surface area contributed by atoms with E-state index in [-0.39, 0.29) is 5.60 Å². The maximum atomic E-state index is 10.1. The minimum atomic E-state index is -0.424. The summed E-state index contributed by atoms with van der Waals surface area (Å²) < 4.78 is 10.4. The number of carbonyl (C=O) groups excluding carboxylic acids is 1. The molecule has 0 fully saturated rings. The Kier molecular flexibility index (Phi) is 4.40. The summed E-state index contributed by atoms with van der Waals surface area (Å²) in [6.45, 7) is 10.8. The normalized spacial score (nSPS) is 12.7. The van der Waals surface area contributed by atoms with Crippen LogP contribution in [0.2, 0.25) is 0 Å². The summed E-state index contributed by atoms with van der Waals surface area (Å²) in [5.41, 5.74) is -0.551. The Morgan fingerprint density at radius 2 is 1.69 bits per heavy atom. The fraction of sp³-hybridized carbons (Fsp3) is 0.900. The van der Waals surface area contributed by atoms with Gasteiger partial charge in [-0.3, -0.25) is 4.79 Å². The maximum absolute atomic E-state index is 10.1. The fourth-order valence-electron chi connectivity index (χ4n) is 0.792. The zero-order valence-electron chi connectivity index (χ0n) is 9.22. The van der Waals surface area contributed by atoms with Crippen LogP contribution in [-0.2, 0) is 14.3 Å². The van der Waals surface area contributed by atoms with Gasteiger partial charge in [0.2, 0.25) is 0 Å². The van der Waals surface area contributed by atoms with Crippen LogP contribution < -0.4 is 0 Å². The first kappa shape index (κ1) is 12.4. The summed E-state index contributed by atoms with van der Waals surface area (Å²) in [6.07, 6.45) is 0.711. The highest BCUT2D eigenvalue weighted by molar-refractivity contribution is 5.38. The highest BCUT2D eigenvalue weighted by atomic mass is 16.5. The van der Waals surface area contributed by atoms with E-state index in [0.717, 1.165) is 0 Å². The average molecular weight is 188 g/mol. The lowest BCUT2D eigenvalue weighted by atomic mass is 10.1. The molecule has 0 aliphatic rings. The minimum absolute atomic E-state index is 0.128. The van der Waals surface area contributed by atoms with Gasteiger partial charge in [0.1, 0.15) is 5.60 Å². The van der Waals surface area contributed by atoms with E-state index in [4.69, 9.17) is 9.47 Å². The molecule has 0 aromatic rings. The van der Waals surface area contributed by atoms with Crippen molar-refractivity contribution in [3.05, 3.63) is 0 Å². The van der Waals surface area contributed by atoms with Crippen LogP contribution in [0.3, 0.4) is 0 Å². The van der Waals surface area contributed by atoms with Gasteiger partial charge in [-0.15, -0.1) is 0 Å². The number of ether oxygens (including phenoxy) is 2. The lowest BCUT2D eigenvalue weighted by Gasteiger charge is -2.25. The van der Waals surface area contributed by atoms with E-state index < -0.39 is 5.60 Å². The van der Waals surface area contributed by atoms with E-state index in [0.29, 0.717) is 19.5 Å². The van der Waals surface area contributed by atoms with Crippen LogP contribution in [0.15, 0.2) is 0 Å². The van der Waals surface area contributed by atoms with Crippen LogP contribution in [0, 0.1) is 0 Å². The summed E-state index contributed by atoms with van der Waals surface area (Å²) >= 11 is 0. The first-order valence-corrected chi connectivity index (χ1v) is 4.52. The minimum Gasteiger partial charge on any atom is -0.462 e. The SMILES string of the molecule is CC(C)(C)OCCC(C)(C)OC=O. The summed E-state index contributed by atoms with van der Waals surface area (Å²) in [4.78, 5) is 10.1. The number of hydrogen-bond acceptors (Lipinski definition) is 3. The molecule has 0 bridgehead atoms. The van der Waals surface area contributed by atoms with Gasteiger partial charge in [-0.2, -0.15) is 0 Å². The Hall–Kier alpha value is -0.570. The lowest BCUT2D eigenvalue weighted by molar-refractivity contribution is -0.142. The van der Waals surface area contributed by atoms with Gasteiger partial charge in [0.15, 0.2) is 0 Å². The third kappa shape index (κ3) is 7.78. The predicted molar refractivity (Wildman–Crippen MR) is 51.6 cm³/mol. The topological polar surface area (TPSA) is 35.5 Å². The molecule has 0 aliphatic heterocycles. The first-order valence-electron chi connectivity index (χ1n) is 4.52. The summed E-state index contributed by atoms with van der Waals surface area (Å²) in [6, 6.07) is 0. The molecule has 78 valence electrons. The van der Waals surface area contributed by atoms with Gasteiger partial charge in [-0.1, -0.05) is 0 Å². The zero-order valence-corrected chi connectivity index (χ0v) is 9.22. The van der Waals surface area contributed by atoms with E-state index in [2.05, 4.69) is 0 Å². The molecule has 0 amide bonds. The zero-order chi connectivity index (χ0) is 10.5. The van der Waals surface area contributed by atoms with Crippen molar-refractivity contribution >= 4 is 6.47 Å². The molecule has 0 N–H and O–H groups in total. The Bertz CT molecular complexity index is 156.